The Morgan fingerprint density at radius 2 is 1.06 bits per heavy atom. The molecule has 0 aliphatic carbocycles. The maximum Gasteiger partial charge on any atom is 0.191 e. The fourth-order valence-corrected chi connectivity index (χ4v) is 9.83. The zero-order valence-electron chi connectivity index (χ0n) is 19.7. The second kappa shape index (κ2) is 9.51. The molecular formula is C28H36OSi2. The van der Waals surface area contributed by atoms with Crippen LogP contribution in [0.2, 0.25) is 18.1 Å². The Balaban J connectivity index is 2.07. The first-order chi connectivity index (χ1) is 14.7. The van der Waals surface area contributed by atoms with Crippen LogP contribution < -0.4 is 15.6 Å². The Bertz CT molecular complexity index is 877. The maximum absolute atomic E-state index is 6.57. The number of benzene rings is 3. The molecular weight excluding hydrogens is 408 g/mol. The molecule has 162 valence electrons. The summed E-state index contributed by atoms with van der Waals surface area (Å²) in [5, 5.41) is 5.65. The zero-order valence-corrected chi connectivity index (χ0v) is 21.7. The molecule has 0 fully saturated rings. The van der Waals surface area contributed by atoms with Gasteiger partial charge < -0.3 is 4.43 Å². The van der Waals surface area contributed by atoms with Gasteiger partial charge in [-0.15, -0.1) is 6.58 Å². The standard InChI is InChI=1S/C28H36OSi2/c1-24(22-23-29-30(5,6)28(2,3)4)31(25-16-10-7-11-17-25,26-18-12-8-13-19-26)27-20-14-9-15-21-27/h7-21H,1,22-23H2,2-6H3. The maximum atomic E-state index is 6.57. The molecule has 3 aromatic carbocycles. The van der Waals surface area contributed by atoms with E-state index in [0.29, 0.717) is 0 Å². The lowest BCUT2D eigenvalue weighted by atomic mass is 10.2. The largest absolute Gasteiger partial charge is 0.417 e. The lowest BCUT2D eigenvalue weighted by Crippen LogP contribution is -2.68. The third-order valence-corrected chi connectivity index (χ3v) is 16.3. The van der Waals surface area contributed by atoms with Gasteiger partial charge in [0.1, 0.15) is 0 Å². The molecule has 0 spiro atoms. The third kappa shape index (κ3) is 4.84. The quantitative estimate of drug-likeness (QED) is 0.321. The predicted molar refractivity (Wildman–Crippen MR) is 141 cm³/mol. The van der Waals surface area contributed by atoms with Gasteiger partial charge in [-0.2, -0.15) is 0 Å². The summed E-state index contributed by atoms with van der Waals surface area (Å²) < 4.78 is 6.57. The molecule has 0 heterocycles. The Morgan fingerprint density at radius 3 is 1.39 bits per heavy atom. The molecule has 0 N–H and O–H groups in total. The van der Waals surface area contributed by atoms with Crippen LogP contribution in [0.25, 0.3) is 0 Å². The summed E-state index contributed by atoms with van der Waals surface area (Å²) >= 11 is 0. The van der Waals surface area contributed by atoms with Crippen LogP contribution in [0.5, 0.6) is 0 Å². The van der Waals surface area contributed by atoms with E-state index < -0.39 is 16.4 Å². The molecule has 0 aliphatic rings. The average Bonchev–Trinajstić information content (AvgIpc) is 2.76. The summed E-state index contributed by atoms with van der Waals surface area (Å²) in [6.45, 7) is 17.0. The number of hydrogen-bond donors (Lipinski definition) is 0. The fraction of sp³-hybridized carbons (Fsp3) is 0.286. The summed E-state index contributed by atoms with van der Waals surface area (Å²) in [5.41, 5.74) is 0. The summed E-state index contributed by atoms with van der Waals surface area (Å²) in [7, 11) is -4.22. The molecule has 31 heavy (non-hydrogen) atoms. The normalized spacial score (nSPS) is 12.5. The molecule has 0 aliphatic heterocycles. The van der Waals surface area contributed by atoms with E-state index in [1.54, 1.807) is 0 Å². The van der Waals surface area contributed by atoms with Crippen LogP contribution in [0, 0.1) is 0 Å². The van der Waals surface area contributed by atoms with Gasteiger partial charge in [0.25, 0.3) is 0 Å². The molecule has 3 heteroatoms. The van der Waals surface area contributed by atoms with Crippen molar-refractivity contribution in [3.8, 4) is 0 Å². The Kier molecular flexibility index (Phi) is 7.20. The average molecular weight is 445 g/mol. The van der Waals surface area contributed by atoms with Gasteiger partial charge in [0, 0.05) is 6.61 Å². The monoisotopic (exact) mass is 444 g/mol. The molecule has 0 saturated heterocycles. The van der Waals surface area contributed by atoms with Crippen molar-refractivity contribution < 1.29 is 4.43 Å². The predicted octanol–water partition coefficient (Wildman–Crippen LogP) is 5.66. The highest BCUT2D eigenvalue weighted by Gasteiger charge is 2.42. The van der Waals surface area contributed by atoms with Crippen LogP contribution in [-0.4, -0.2) is 23.0 Å². The molecule has 0 atom stereocenters. The summed E-state index contributed by atoms with van der Waals surface area (Å²) in [6.07, 6.45) is 0.872. The second-order valence-corrected chi connectivity index (χ2v) is 18.6. The van der Waals surface area contributed by atoms with Crippen molar-refractivity contribution in [2.45, 2.75) is 45.3 Å². The lowest BCUT2D eigenvalue weighted by Gasteiger charge is -2.38. The van der Waals surface area contributed by atoms with Gasteiger partial charge in [0.15, 0.2) is 16.4 Å². The third-order valence-electron chi connectivity index (χ3n) is 6.82. The SMILES string of the molecule is C=C(CCO[Si](C)(C)C(C)(C)C)[Si](c1ccccc1)(c1ccccc1)c1ccccc1. The van der Waals surface area contributed by atoms with Crippen LogP contribution in [0.15, 0.2) is 103 Å². The minimum atomic E-state index is -2.43. The number of rotatable bonds is 8. The molecule has 0 aromatic heterocycles. The van der Waals surface area contributed by atoms with Crippen molar-refractivity contribution in [3.05, 3.63) is 103 Å². The van der Waals surface area contributed by atoms with E-state index in [9.17, 15) is 0 Å². The van der Waals surface area contributed by atoms with E-state index in [1.165, 1.54) is 20.8 Å². The molecule has 0 unspecified atom stereocenters. The van der Waals surface area contributed by atoms with E-state index in [-0.39, 0.29) is 5.04 Å². The van der Waals surface area contributed by atoms with Crippen LogP contribution >= 0.6 is 0 Å². The lowest BCUT2D eigenvalue weighted by molar-refractivity contribution is 0.293. The summed E-state index contributed by atoms with van der Waals surface area (Å²) in [6, 6.07) is 32.9. The van der Waals surface area contributed by atoms with Gasteiger partial charge in [-0.3, -0.25) is 0 Å². The molecule has 1 nitrogen and oxygen atoms in total. The Morgan fingerprint density at radius 1 is 0.710 bits per heavy atom. The van der Waals surface area contributed by atoms with Crippen molar-refractivity contribution in [1.29, 1.82) is 0 Å². The first kappa shape index (κ1) is 23.5. The van der Waals surface area contributed by atoms with Crippen LogP contribution in [0.4, 0.5) is 0 Å². The summed E-state index contributed by atoms with van der Waals surface area (Å²) in [4.78, 5) is 0. The summed E-state index contributed by atoms with van der Waals surface area (Å²) in [5.74, 6) is 0. The molecule has 3 rings (SSSR count). The first-order valence-corrected chi connectivity index (χ1v) is 16.1. The van der Waals surface area contributed by atoms with E-state index in [0.717, 1.165) is 13.0 Å². The highest BCUT2D eigenvalue weighted by molar-refractivity contribution is 7.16. The van der Waals surface area contributed by atoms with Gasteiger partial charge in [-0.25, -0.2) is 0 Å². The van der Waals surface area contributed by atoms with Gasteiger partial charge in [-0.05, 0) is 40.1 Å². The minimum Gasteiger partial charge on any atom is -0.417 e. The zero-order chi connectivity index (χ0) is 22.5. The van der Waals surface area contributed by atoms with Crippen LogP contribution in [0.1, 0.15) is 27.2 Å². The van der Waals surface area contributed by atoms with Gasteiger partial charge in [0.05, 0.1) is 0 Å². The highest BCUT2D eigenvalue weighted by atomic mass is 28.4. The van der Waals surface area contributed by atoms with Crippen molar-refractivity contribution in [2.24, 2.45) is 0 Å². The van der Waals surface area contributed by atoms with E-state index in [2.05, 4.69) is 125 Å². The first-order valence-electron chi connectivity index (χ1n) is 11.2. The number of hydrogen-bond acceptors (Lipinski definition) is 1. The van der Waals surface area contributed by atoms with Crippen molar-refractivity contribution in [1.82, 2.24) is 0 Å². The van der Waals surface area contributed by atoms with Crippen LogP contribution in [0.3, 0.4) is 0 Å². The molecule has 3 aromatic rings. The van der Waals surface area contributed by atoms with Crippen molar-refractivity contribution >= 4 is 32.0 Å². The highest BCUT2D eigenvalue weighted by Crippen LogP contribution is 2.36. The molecule has 0 radical (unpaired) electrons. The molecule has 0 saturated carbocycles. The Hall–Kier alpha value is -2.21. The van der Waals surface area contributed by atoms with Gasteiger partial charge in [-0.1, -0.05) is 117 Å². The fourth-order valence-electron chi connectivity index (χ4n) is 4.01. The molecule has 0 amide bonds. The van der Waals surface area contributed by atoms with E-state index >= 15 is 0 Å². The molecule has 0 bridgehead atoms. The van der Waals surface area contributed by atoms with Gasteiger partial charge in [0.2, 0.25) is 0 Å². The Labute approximate surface area is 191 Å². The van der Waals surface area contributed by atoms with Crippen molar-refractivity contribution in [2.75, 3.05) is 6.61 Å². The van der Waals surface area contributed by atoms with E-state index in [4.69, 9.17) is 11.0 Å². The van der Waals surface area contributed by atoms with E-state index in [1.807, 2.05) is 0 Å². The topological polar surface area (TPSA) is 9.23 Å². The second-order valence-electron chi connectivity index (χ2n) is 9.81. The minimum absolute atomic E-state index is 0.209. The van der Waals surface area contributed by atoms with Crippen LogP contribution in [-0.2, 0) is 4.43 Å². The van der Waals surface area contributed by atoms with Gasteiger partial charge >= 0.3 is 0 Å². The van der Waals surface area contributed by atoms with Crippen molar-refractivity contribution in [3.63, 3.8) is 0 Å². The smallest absolute Gasteiger partial charge is 0.191 e.